The molecule has 1 aromatic rings. The van der Waals surface area contributed by atoms with Crippen molar-refractivity contribution in [1.82, 2.24) is 0 Å². The predicted octanol–water partition coefficient (Wildman–Crippen LogP) is 2.59. The molecule has 1 aromatic carbocycles. The molecule has 0 aromatic heterocycles. The Kier molecular flexibility index (Phi) is 4.14. The van der Waals surface area contributed by atoms with Gasteiger partial charge < -0.3 is 5.11 Å². The van der Waals surface area contributed by atoms with Crippen LogP contribution in [0.1, 0.15) is 16.7 Å². The Morgan fingerprint density at radius 3 is 2.57 bits per heavy atom. The van der Waals surface area contributed by atoms with E-state index in [1.807, 2.05) is 24.3 Å². The third-order valence-electron chi connectivity index (χ3n) is 2.21. The highest BCUT2D eigenvalue weighted by Gasteiger charge is 2.00. The van der Waals surface area contributed by atoms with Crippen molar-refractivity contribution in [3.05, 3.63) is 54.1 Å². The second-order valence-corrected chi connectivity index (χ2v) is 3.20. The molecule has 0 amide bonds. The molecule has 0 aliphatic rings. The van der Waals surface area contributed by atoms with Gasteiger partial charge in [-0.1, -0.05) is 36.9 Å². The summed E-state index contributed by atoms with van der Waals surface area (Å²) in [5.41, 5.74) is 3.54. The minimum atomic E-state index is 0.192. The van der Waals surface area contributed by atoms with Crippen molar-refractivity contribution in [2.45, 2.75) is 12.8 Å². The number of allylic oxidation sites excluding steroid dienone is 1. The van der Waals surface area contributed by atoms with Crippen LogP contribution in [0, 0.1) is 0 Å². The maximum Gasteiger partial charge on any atom is 0.0471 e. The van der Waals surface area contributed by atoms with Crippen LogP contribution in [0.15, 0.2) is 37.4 Å². The fourth-order valence-corrected chi connectivity index (χ4v) is 1.48. The van der Waals surface area contributed by atoms with E-state index in [4.69, 9.17) is 5.11 Å². The first-order valence-electron chi connectivity index (χ1n) is 4.77. The zero-order valence-corrected chi connectivity index (χ0v) is 8.37. The molecule has 0 saturated carbocycles. The van der Waals surface area contributed by atoms with Crippen molar-refractivity contribution in [2.24, 2.45) is 0 Å². The highest BCUT2D eigenvalue weighted by molar-refractivity contribution is 5.50. The van der Waals surface area contributed by atoms with Gasteiger partial charge in [-0.3, -0.25) is 0 Å². The fourth-order valence-electron chi connectivity index (χ4n) is 1.48. The molecule has 0 radical (unpaired) electrons. The van der Waals surface area contributed by atoms with E-state index in [1.54, 1.807) is 0 Å². The first-order chi connectivity index (χ1) is 6.81. The molecule has 0 bridgehead atoms. The van der Waals surface area contributed by atoms with Gasteiger partial charge in [0.05, 0.1) is 0 Å². The lowest BCUT2D eigenvalue weighted by Gasteiger charge is -2.07. The number of hydrogen-bond acceptors (Lipinski definition) is 1. The van der Waals surface area contributed by atoms with Gasteiger partial charge in [0.25, 0.3) is 0 Å². The predicted molar refractivity (Wildman–Crippen MR) is 61.2 cm³/mol. The molecule has 1 rings (SSSR count). The third kappa shape index (κ3) is 2.57. The molecule has 14 heavy (non-hydrogen) atoms. The molecule has 1 N–H and O–H groups in total. The molecule has 0 aliphatic heterocycles. The van der Waals surface area contributed by atoms with Gasteiger partial charge in [-0.15, -0.1) is 6.58 Å². The van der Waals surface area contributed by atoms with Crippen molar-refractivity contribution in [3.63, 3.8) is 0 Å². The Morgan fingerprint density at radius 1 is 1.21 bits per heavy atom. The van der Waals surface area contributed by atoms with Gasteiger partial charge in [-0.05, 0) is 29.5 Å². The van der Waals surface area contributed by atoms with E-state index >= 15 is 0 Å². The van der Waals surface area contributed by atoms with E-state index in [1.165, 1.54) is 11.1 Å². The van der Waals surface area contributed by atoms with Crippen LogP contribution in [-0.4, -0.2) is 11.7 Å². The molecule has 0 heterocycles. The molecule has 0 atom stereocenters. The van der Waals surface area contributed by atoms with E-state index in [0.717, 1.165) is 12.0 Å². The van der Waals surface area contributed by atoms with Crippen LogP contribution in [-0.2, 0) is 12.8 Å². The Labute approximate surface area is 85.4 Å². The van der Waals surface area contributed by atoms with Crippen molar-refractivity contribution in [1.29, 1.82) is 0 Å². The van der Waals surface area contributed by atoms with Crippen molar-refractivity contribution < 1.29 is 5.11 Å². The van der Waals surface area contributed by atoms with Crippen LogP contribution in [0.3, 0.4) is 0 Å². The molecule has 0 spiro atoms. The monoisotopic (exact) mass is 188 g/mol. The van der Waals surface area contributed by atoms with Crippen LogP contribution >= 0.6 is 0 Å². The van der Waals surface area contributed by atoms with Gasteiger partial charge in [0.15, 0.2) is 0 Å². The smallest absolute Gasteiger partial charge is 0.0471 e. The van der Waals surface area contributed by atoms with E-state index in [9.17, 15) is 0 Å². The highest BCUT2D eigenvalue weighted by atomic mass is 16.2. The van der Waals surface area contributed by atoms with Gasteiger partial charge in [-0.25, -0.2) is 0 Å². The van der Waals surface area contributed by atoms with Crippen molar-refractivity contribution >= 4 is 6.08 Å². The second-order valence-electron chi connectivity index (χ2n) is 3.20. The number of aliphatic hydroxyl groups excluding tert-OH is 1. The van der Waals surface area contributed by atoms with Gasteiger partial charge in [0.2, 0.25) is 0 Å². The number of aliphatic hydroxyl groups is 1. The topological polar surface area (TPSA) is 20.2 Å². The van der Waals surface area contributed by atoms with E-state index in [2.05, 4.69) is 19.2 Å². The van der Waals surface area contributed by atoms with Gasteiger partial charge in [-0.2, -0.15) is 0 Å². The molecule has 0 fully saturated rings. The summed E-state index contributed by atoms with van der Waals surface area (Å²) >= 11 is 0. The zero-order valence-electron chi connectivity index (χ0n) is 8.37. The maximum absolute atomic E-state index is 8.89. The largest absolute Gasteiger partial charge is 0.396 e. The molecule has 1 nitrogen and oxygen atoms in total. The van der Waals surface area contributed by atoms with Crippen LogP contribution in [0.2, 0.25) is 0 Å². The van der Waals surface area contributed by atoms with E-state index in [-0.39, 0.29) is 6.61 Å². The molecule has 74 valence electrons. The van der Waals surface area contributed by atoms with Crippen LogP contribution in [0.25, 0.3) is 6.08 Å². The van der Waals surface area contributed by atoms with Crippen LogP contribution in [0.5, 0.6) is 0 Å². The maximum atomic E-state index is 8.89. The first kappa shape index (κ1) is 10.7. The molecule has 0 saturated heterocycles. The zero-order chi connectivity index (χ0) is 10.4. The lowest BCUT2D eigenvalue weighted by molar-refractivity contribution is 0.299. The molecule has 0 aliphatic carbocycles. The van der Waals surface area contributed by atoms with E-state index < -0.39 is 0 Å². The third-order valence-corrected chi connectivity index (χ3v) is 2.21. The molecule has 1 heteroatoms. The molecule has 0 unspecified atom stereocenters. The Hall–Kier alpha value is -1.34. The lowest BCUT2D eigenvalue weighted by Crippen LogP contribution is -1.97. The minimum Gasteiger partial charge on any atom is -0.396 e. The first-order valence-corrected chi connectivity index (χ1v) is 4.77. The summed E-state index contributed by atoms with van der Waals surface area (Å²) in [5, 5.41) is 8.89. The summed E-state index contributed by atoms with van der Waals surface area (Å²) in [7, 11) is 0. The van der Waals surface area contributed by atoms with E-state index in [0.29, 0.717) is 6.42 Å². The van der Waals surface area contributed by atoms with Gasteiger partial charge in [0.1, 0.15) is 0 Å². The standard InChI is InChI=1S/C13H16O/c1-3-5-13-10-11(4-2)6-7-12(13)8-9-14/h3-4,6-7,10,14H,1-2,5,8-9H2. The number of hydrogen-bond donors (Lipinski definition) is 1. The average Bonchev–Trinajstić information content (AvgIpc) is 2.21. The van der Waals surface area contributed by atoms with Crippen LogP contribution in [0.4, 0.5) is 0 Å². The average molecular weight is 188 g/mol. The van der Waals surface area contributed by atoms with Crippen LogP contribution < -0.4 is 0 Å². The summed E-state index contributed by atoms with van der Waals surface area (Å²) in [6, 6.07) is 6.16. The summed E-state index contributed by atoms with van der Waals surface area (Å²) in [6.45, 7) is 7.65. The number of rotatable bonds is 5. The second kappa shape index (κ2) is 5.40. The van der Waals surface area contributed by atoms with Gasteiger partial charge >= 0.3 is 0 Å². The summed E-state index contributed by atoms with van der Waals surface area (Å²) in [5.74, 6) is 0. The highest BCUT2D eigenvalue weighted by Crippen LogP contribution is 2.14. The normalized spacial score (nSPS) is 9.79. The van der Waals surface area contributed by atoms with Gasteiger partial charge in [0, 0.05) is 6.61 Å². The Balaban J connectivity index is 3.02. The Morgan fingerprint density at radius 2 is 2.00 bits per heavy atom. The lowest BCUT2D eigenvalue weighted by atomic mass is 9.99. The molecular formula is C13H16O. The Bertz CT molecular complexity index is 326. The van der Waals surface area contributed by atoms with Crippen molar-refractivity contribution in [3.8, 4) is 0 Å². The molecular weight excluding hydrogens is 172 g/mol. The summed E-state index contributed by atoms with van der Waals surface area (Å²) in [4.78, 5) is 0. The summed E-state index contributed by atoms with van der Waals surface area (Å²) in [6.07, 6.45) is 5.26. The SMILES string of the molecule is C=CCc1cc(C=C)ccc1CCO. The van der Waals surface area contributed by atoms with Crippen molar-refractivity contribution in [2.75, 3.05) is 6.61 Å². The summed E-state index contributed by atoms with van der Waals surface area (Å²) < 4.78 is 0. The minimum absolute atomic E-state index is 0.192. The number of benzene rings is 1. The fraction of sp³-hybridized carbons (Fsp3) is 0.231. The quantitative estimate of drug-likeness (QED) is 0.704.